The molecule has 29 heavy (non-hydrogen) atoms. The summed E-state index contributed by atoms with van der Waals surface area (Å²) in [4.78, 5) is 12.8. The van der Waals surface area contributed by atoms with Crippen LogP contribution in [-0.2, 0) is 0 Å². The Hall–Kier alpha value is -3.85. The standard InChI is InChI=1S/C23H21N3O3/c1-16-23(17(2)26(25-16)19-7-5-4-6-8-19)20(27)11-9-18-10-12-21(29-14-13-24)22(15-18)28-3/h4-12,15H,14H2,1-3H3. The minimum absolute atomic E-state index is 0.0615. The lowest BCUT2D eigenvalue weighted by molar-refractivity contribution is 0.104. The first kappa shape index (κ1) is 19.9. The van der Waals surface area contributed by atoms with E-state index in [1.165, 1.54) is 13.2 Å². The number of ether oxygens (including phenoxy) is 2. The monoisotopic (exact) mass is 387 g/mol. The number of carbonyl (C=O) groups excluding carboxylic acids is 1. The van der Waals surface area contributed by atoms with Gasteiger partial charge >= 0.3 is 0 Å². The van der Waals surface area contributed by atoms with Gasteiger partial charge in [0.25, 0.3) is 0 Å². The first-order valence-electron chi connectivity index (χ1n) is 9.07. The van der Waals surface area contributed by atoms with Crippen LogP contribution in [0, 0.1) is 25.2 Å². The van der Waals surface area contributed by atoms with Crippen molar-refractivity contribution < 1.29 is 14.3 Å². The molecule has 0 saturated carbocycles. The minimum Gasteiger partial charge on any atom is -0.493 e. The van der Waals surface area contributed by atoms with Crippen molar-refractivity contribution in [3.8, 4) is 23.3 Å². The third-order valence-electron chi connectivity index (χ3n) is 4.45. The van der Waals surface area contributed by atoms with Gasteiger partial charge in [0.05, 0.1) is 29.7 Å². The lowest BCUT2D eigenvalue weighted by Crippen LogP contribution is -2.01. The molecule has 0 N–H and O–H groups in total. The summed E-state index contributed by atoms with van der Waals surface area (Å²) in [5.74, 6) is 0.860. The Labute approximate surface area is 169 Å². The van der Waals surface area contributed by atoms with Gasteiger partial charge in [-0.15, -0.1) is 0 Å². The van der Waals surface area contributed by atoms with Crippen molar-refractivity contribution in [3.05, 3.63) is 77.1 Å². The van der Waals surface area contributed by atoms with Gasteiger partial charge in [-0.1, -0.05) is 30.3 Å². The summed E-state index contributed by atoms with van der Waals surface area (Å²) >= 11 is 0. The van der Waals surface area contributed by atoms with Crippen molar-refractivity contribution >= 4 is 11.9 Å². The Bertz CT molecular complexity index is 1090. The van der Waals surface area contributed by atoms with Crippen molar-refractivity contribution in [3.63, 3.8) is 0 Å². The van der Waals surface area contributed by atoms with E-state index in [0.29, 0.717) is 22.8 Å². The smallest absolute Gasteiger partial charge is 0.189 e. The van der Waals surface area contributed by atoms with E-state index in [9.17, 15) is 4.79 Å². The van der Waals surface area contributed by atoms with E-state index in [2.05, 4.69) is 5.10 Å². The summed E-state index contributed by atoms with van der Waals surface area (Å²) < 4.78 is 12.4. The maximum absolute atomic E-state index is 12.8. The number of methoxy groups -OCH3 is 1. The van der Waals surface area contributed by atoms with Gasteiger partial charge in [0.15, 0.2) is 23.9 Å². The molecule has 0 amide bonds. The van der Waals surface area contributed by atoms with Crippen molar-refractivity contribution in [2.24, 2.45) is 0 Å². The van der Waals surface area contributed by atoms with Crippen LogP contribution in [0.15, 0.2) is 54.6 Å². The number of hydrogen-bond donors (Lipinski definition) is 0. The summed E-state index contributed by atoms with van der Waals surface area (Å²) in [5.41, 5.74) is 3.75. The fraction of sp³-hybridized carbons (Fsp3) is 0.174. The predicted octanol–water partition coefficient (Wildman–Crippen LogP) is 4.30. The van der Waals surface area contributed by atoms with Crippen molar-refractivity contribution in [2.75, 3.05) is 13.7 Å². The Morgan fingerprint density at radius 1 is 1.17 bits per heavy atom. The highest BCUT2D eigenvalue weighted by Crippen LogP contribution is 2.28. The normalized spacial score (nSPS) is 10.7. The number of benzene rings is 2. The van der Waals surface area contributed by atoms with Crippen LogP contribution in [-0.4, -0.2) is 29.3 Å². The first-order valence-corrected chi connectivity index (χ1v) is 9.07. The second kappa shape index (κ2) is 8.89. The molecule has 0 aliphatic carbocycles. The number of aromatic nitrogens is 2. The topological polar surface area (TPSA) is 77.1 Å². The van der Waals surface area contributed by atoms with E-state index in [1.807, 2.05) is 50.2 Å². The Morgan fingerprint density at radius 3 is 2.62 bits per heavy atom. The number of allylic oxidation sites excluding steroid dienone is 1. The molecule has 0 spiro atoms. The minimum atomic E-state index is -0.119. The van der Waals surface area contributed by atoms with Crippen LogP contribution in [0.5, 0.6) is 11.5 Å². The van der Waals surface area contributed by atoms with Crippen LogP contribution in [0.1, 0.15) is 27.3 Å². The third kappa shape index (κ3) is 4.36. The molecule has 2 aromatic carbocycles. The number of nitrogens with zero attached hydrogens (tertiary/aromatic N) is 3. The second-order valence-electron chi connectivity index (χ2n) is 6.35. The fourth-order valence-electron chi connectivity index (χ4n) is 3.09. The fourth-order valence-corrected chi connectivity index (χ4v) is 3.09. The molecule has 0 atom stereocenters. The second-order valence-corrected chi connectivity index (χ2v) is 6.35. The SMILES string of the molecule is COc1cc(C=CC(=O)c2c(C)nn(-c3ccccc3)c2C)ccc1OCC#N. The van der Waals surface area contributed by atoms with Crippen LogP contribution >= 0.6 is 0 Å². The molecule has 0 unspecified atom stereocenters. The van der Waals surface area contributed by atoms with E-state index < -0.39 is 0 Å². The predicted molar refractivity (Wildman–Crippen MR) is 111 cm³/mol. The molecule has 3 aromatic rings. The number of aryl methyl sites for hydroxylation is 1. The van der Waals surface area contributed by atoms with Crippen molar-refractivity contribution in [1.29, 1.82) is 5.26 Å². The average Bonchev–Trinajstić information content (AvgIpc) is 3.05. The number of rotatable bonds is 7. The molecule has 1 aromatic heterocycles. The zero-order valence-corrected chi connectivity index (χ0v) is 16.5. The lowest BCUT2D eigenvalue weighted by atomic mass is 10.1. The van der Waals surface area contributed by atoms with Gasteiger partial charge in [0, 0.05) is 0 Å². The number of nitriles is 1. The molecule has 0 aliphatic heterocycles. The summed E-state index contributed by atoms with van der Waals surface area (Å²) in [6.07, 6.45) is 3.24. The van der Waals surface area contributed by atoms with Gasteiger partial charge in [-0.05, 0) is 49.8 Å². The molecule has 3 rings (SSSR count). The van der Waals surface area contributed by atoms with Crippen molar-refractivity contribution in [1.82, 2.24) is 9.78 Å². The summed E-state index contributed by atoms with van der Waals surface area (Å²) in [7, 11) is 1.53. The molecule has 0 aliphatic rings. The first-order chi connectivity index (χ1) is 14.0. The zero-order valence-electron chi connectivity index (χ0n) is 16.5. The van der Waals surface area contributed by atoms with E-state index in [-0.39, 0.29) is 12.4 Å². The Kier molecular flexibility index (Phi) is 6.10. The van der Waals surface area contributed by atoms with Gasteiger partial charge in [-0.3, -0.25) is 4.79 Å². The molecule has 0 fully saturated rings. The largest absolute Gasteiger partial charge is 0.493 e. The van der Waals surface area contributed by atoms with Crippen LogP contribution in [0.25, 0.3) is 11.8 Å². The Morgan fingerprint density at radius 2 is 1.93 bits per heavy atom. The van der Waals surface area contributed by atoms with Gasteiger partial charge in [-0.2, -0.15) is 10.4 Å². The highest BCUT2D eigenvalue weighted by molar-refractivity contribution is 6.08. The van der Waals surface area contributed by atoms with Crippen LogP contribution < -0.4 is 9.47 Å². The molecule has 6 heteroatoms. The summed E-state index contributed by atoms with van der Waals surface area (Å²) in [6, 6.07) is 16.9. The molecule has 0 saturated heterocycles. The lowest BCUT2D eigenvalue weighted by Gasteiger charge is -2.08. The van der Waals surface area contributed by atoms with E-state index in [0.717, 1.165) is 16.9 Å². The molecule has 0 radical (unpaired) electrons. The molecular formula is C23H21N3O3. The average molecular weight is 387 g/mol. The van der Waals surface area contributed by atoms with Gasteiger partial charge in [0.1, 0.15) is 6.07 Å². The quantitative estimate of drug-likeness (QED) is 0.446. The summed E-state index contributed by atoms with van der Waals surface area (Å²) in [5, 5.41) is 13.2. The van der Waals surface area contributed by atoms with E-state index >= 15 is 0 Å². The zero-order chi connectivity index (χ0) is 20.8. The maximum Gasteiger partial charge on any atom is 0.189 e. The highest BCUT2D eigenvalue weighted by atomic mass is 16.5. The molecular weight excluding hydrogens is 366 g/mol. The molecule has 6 nitrogen and oxygen atoms in total. The number of ketones is 1. The summed E-state index contributed by atoms with van der Waals surface area (Å²) in [6.45, 7) is 3.66. The van der Waals surface area contributed by atoms with Crippen molar-refractivity contribution in [2.45, 2.75) is 13.8 Å². The molecule has 1 heterocycles. The van der Waals surface area contributed by atoms with Gasteiger partial charge in [0.2, 0.25) is 0 Å². The number of hydrogen-bond acceptors (Lipinski definition) is 5. The van der Waals surface area contributed by atoms with E-state index in [1.54, 1.807) is 29.0 Å². The molecule has 146 valence electrons. The third-order valence-corrected chi connectivity index (χ3v) is 4.45. The van der Waals surface area contributed by atoms with Gasteiger partial charge in [-0.25, -0.2) is 4.68 Å². The number of para-hydroxylation sites is 1. The van der Waals surface area contributed by atoms with Gasteiger partial charge < -0.3 is 9.47 Å². The van der Waals surface area contributed by atoms with Crippen LogP contribution in [0.2, 0.25) is 0 Å². The maximum atomic E-state index is 12.8. The molecule has 0 bridgehead atoms. The van der Waals surface area contributed by atoms with Crippen LogP contribution in [0.3, 0.4) is 0 Å². The Balaban J connectivity index is 1.85. The van der Waals surface area contributed by atoms with Crippen LogP contribution in [0.4, 0.5) is 0 Å². The highest BCUT2D eigenvalue weighted by Gasteiger charge is 2.17. The van der Waals surface area contributed by atoms with E-state index in [4.69, 9.17) is 14.7 Å². The number of carbonyl (C=O) groups is 1.